The second kappa shape index (κ2) is 7.15. The zero-order chi connectivity index (χ0) is 18.2. The summed E-state index contributed by atoms with van der Waals surface area (Å²) in [6.45, 7) is 5.25. The lowest BCUT2D eigenvalue weighted by Gasteiger charge is -2.39. The number of anilines is 1. The van der Waals surface area contributed by atoms with E-state index in [1.165, 1.54) is 44.2 Å². The van der Waals surface area contributed by atoms with Gasteiger partial charge < -0.3 is 4.90 Å². The molecule has 1 saturated heterocycles. The van der Waals surface area contributed by atoms with Gasteiger partial charge in [0.15, 0.2) is 0 Å². The van der Waals surface area contributed by atoms with Crippen LogP contribution in [0.15, 0.2) is 24.7 Å². The van der Waals surface area contributed by atoms with Crippen molar-refractivity contribution < 1.29 is 0 Å². The van der Waals surface area contributed by atoms with Crippen LogP contribution >= 0.6 is 0 Å². The number of rotatable bonds is 6. The van der Waals surface area contributed by atoms with E-state index in [-0.39, 0.29) is 0 Å². The first-order chi connectivity index (χ1) is 13.3. The number of nitrogens with zero attached hydrogens (tertiary/aromatic N) is 6. The quantitative estimate of drug-likeness (QED) is 0.785. The molecule has 2 aromatic heterocycles. The Morgan fingerprint density at radius 2 is 1.78 bits per heavy atom. The number of aryl methyl sites for hydroxylation is 1. The molecule has 6 nitrogen and oxygen atoms in total. The number of piperidine rings is 1. The first kappa shape index (κ1) is 17.0. The number of hydrogen-bond donors (Lipinski definition) is 0. The van der Waals surface area contributed by atoms with Crippen LogP contribution in [0.25, 0.3) is 0 Å². The van der Waals surface area contributed by atoms with Crippen molar-refractivity contribution in [1.29, 1.82) is 0 Å². The highest BCUT2D eigenvalue weighted by atomic mass is 15.3. The predicted molar refractivity (Wildman–Crippen MR) is 105 cm³/mol. The normalized spacial score (nSPS) is 21.4. The van der Waals surface area contributed by atoms with E-state index in [1.54, 1.807) is 6.33 Å². The van der Waals surface area contributed by atoms with Crippen LogP contribution in [0.2, 0.25) is 0 Å². The number of aromatic nitrogens is 4. The van der Waals surface area contributed by atoms with Gasteiger partial charge in [0, 0.05) is 55.6 Å². The summed E-state index contributed by atoms with van der Waals surface area (Å²) in [4.78, 5) is 23.2. The molecule has 0 unspecified atom stereocenters. The Labute approximate surface area is 161 Å². The van der Waals surface area contributed by atoms with Crippen molar-refractivity contribution in [3.05, 3.63) is 41.9 Å². The average Bonchev–Trinajstić information content (AvgIpc) is 3.57. The Bertz CT molecular complexity index is 793. The predicted octanol–water partition coefficient (Wildman–Crippen LogP) is 3.09. The van der Waals surface area contributed by atoms with Gasteiger partial charge in [0.2, 0.25) is 0 Å². The fourth-order valence-electron chi connectivity index (χ4n) is 4.23. The van der Waals surface area contributed by atoms with E-state index >= 15 is 0 Å². The van der Waals surface area contributed by atoms with Gasteiger partial charge in [0.05, 0.1) is 5.69 Å². The summed E-state index contributed by atoms with van der Waals surface area (Å²) in [5.74, 6) is 2.80. The second-order valence-corrected chi connectivity index (χ2v) is 8.34. The van der Waals surface area contributed by atoms with Gasteiger partial charge in [-0.1, -0.05) is 0 Å². The van der Waals surface area contributed by atoms with Crippen molar-refractivity contribution in [3.8, 4) is 0 Å². The molecule has 0 N–H and O–H groups in total. The molecule has 2 aromatic rings. The van der Waals surface area contributed by atoms with E-state index < -0.39 is 0 Å². The molecule has 0 bridgehead atoms. The van der Waals surface area contributed by atoms with E-state index in [2.05, 4.69) is 43.8 Å². The van der Waals surface area contributed by atoms with Crippen LogP contribution in [0.1, 0.15) is 61.7 Å². The standard InChI is InChI=1S/C21H28N6/c1-15-12-20(24-14-23-15)27(18-4-5-18)19-7-10-26(11-8-19)13-17-6-9-22-21(25-17)16-2-3-16/h6,9,12,14,16,18-19H,2-5,7-8,10-11,13H2,1H3. The molecule has 142 valence electrons. The minimum Gasteiger partial charge on any atom is -0.350 e. The summed E-state index contributed by atoms with van der Waals surface area (Å²) >= 11 is 0. The van der Waals surface area contributed by atoms with Gasteiger partial charge in [-0.3, -0.25) is 4.90 Å². The van der Waals surface area contributed by atoms with Crippen molar-refractivity contribution >= 4 is 5.82 Å². The minimum absolute atomic E-state index is 0.593. The van der Waals surface area contributed by atoms with Gasteiger partial charge >= 0.3 is 0 Å². The Morgan fingerprint density at radius 1 is 1.00 bits per heavy atom. The Balaban J connectivity index is 1.22. The largest absolute Gasteiger partial charge is 0.350 e. The van der Waals surface area contributed by atoms with Crippen molar-refractivity contribution in [2.24, 2.45) is 0 Å². The Morgan fingerprint density at radius 3 is 2.48 bits per heavy atom. The SMILES string of the molecule is Cc1cc(N(C2CC2)C2CCN(Cc3ccnc(C4CC4)n3)CC2)ncn1. The van der Waals surface area contributed by atoms with E-state index in [9.17, 15) is 0 Å². The monoisotopic (exact) mass is 364 g/mol. The fraction of sp³-hybridized carbons (Fsp3) is 0.619. The summed E-state index contributed by atoms with van der Waals surface area (Å²) < 4.78 is 0. The van der Waals surface area contributed by atoms with Crippen molar-refractivity contribution in [3.63, 3.8) is 0 Å². The highest BCUT2D eigenvalue weighted by molar-refractivity contribution is 5.43. The molecule has 3 heterocycles. The molecule has 2 saturated carbocycles. The van der Waals surface area contributed by atoms with Crippen LogP contribution in [-0.4, -0.2) is 50.0 Å². The van der Waals surface area contributed by atoms with E-state index in [1.807, 2.05) is 6.20 Å². The lowest BCUT2D eigenvalue weighted by Crippen LogP contribution is -2.46. The Hall–Kier alpha value is -2.08. The van der Waals surface area contributed by atoms with Crippen LogP contribution < -0.4 is 4.90 Å². The third kappa shape index (κ3) is 3.95. The maximum atomic E-state index is 4.80. The first-order valence-electron chi connectivity index (χ1n) is 10.4. The number of hydrogen-bond acceptors (Lipinski definition) is 6. The van der Waals surface area contributed by atoms with Crippen molar-refractivity contribution in [2.45, 2.75) is 70.0 Å². The van der Waals surface area contributed by atoms with E-state index in [0.717, 1.165) is 37.0 Å². The molecular formula is C21H28N6. The zero-order valence-electron chi connectivity index (χ0n) is 16.1. The number of likely N-dealkylation sites (tertiary alicyclic amines) is 1. The molecular weight excluding hydrogens is 336 g/mol. The summed E-state index contributed by atoms with van der Waals surface area (Å²) in [7, 11) is 0. The lowest BCUT2D eigenvalue weighted by atomic mass is 10.0. The van der Waals surface area contributed by atoms with E-state index in [0.29, 0.717) is 18.0 Å². The van der Waals surface area contributed by atoms with Crippen LogP contribution in [0.3, 0.4) is 0 Å². The lowest BCUT2D eigenvalue weighted by molar-refractivity contribution is 0.198. The molecule has 3 aliphatic rings. The maximum absolute atomic E-state index is 4.80. The molecule has 0 amide bonds. The molecule has 2 aliphatic carbocycles. The smallest absolute Gasteiger partial charge is 0.132 e. The minimum atomic E-state index is 0.593. The highest BCUT2D eigenvalue weighted by Gasteiger charge is 2.36. The molecule has 3 fully saturated rings. The molecule has 1 aliphatic heterocycles. The van der Waals surface area contributed by atoms with Gasteiger partial charge in [0.25, 0.3) is 0 Å². The van der Waals surface area contributed by atoms with Crippen LogP contribution in [0.4, 0.5) is 5.82 Å². The molecule has 0 aromatic carbocycles. The maximum Gasteiger partial charge on any atom is 0.132 e. The molecule has 0 atom stereocenters. The molecule has 0 radical (unpaired) electrons. The zero-order valence-corrected chi connectivity index (χ0v) is 16.1. The average molecular weight is 364 g/mol. The second-order valence-electron chi connectivity index (χ2n) is 8.34. The highest BCUT2D eigenvalue weighted by Crippen LogP contribution is 2.38. The first-order valence-corrected chi connectivity index (χ1v) is 10.4. The molecule has 6 heteroatoms. The Kier molecular flexibility index (Phi) is 4.52. The third-order valence-corrected chi connectivity index (χ3v) is 6.00. The van der Waals surface area contributed by atoms with Crippen molar-refractivity contribution in [2.75, 3.05) is 18.0 Å². The van der Waals surface area contributed by atoms with Gasteiger partial charge in [-0.2, -0.15) is 0 Å². The van der Waals surface area contributed by atoms with Crippen LogP contribution in [-0.2, 0) is 6.54 Å². The van der Waals surface area contributed by atoms with Gasteiger partial charge in [0.1, 0.15) is 18.0 Å². The fourth-order valence-corrected chi connectivity index (χ4v) is 4.23. The topological polar surface area (TPSA) is 58.0 Å². The van der Waals surface area contributed by atoms with Crippen molar-refractivity contribution in [1.82, 2.24) is 24.8 Å². The van der Waals surface area contributed by atoms with Gasteiger partial charge in [-0.25, -0.2) is 19.9 Å². The summed E-state index contributed by atoms with van der Waals surface area (Å²) in [6.07, 6.45) is 11.2. The van der Waals surface area contributed by atoms with E-state index in [4.69, 9.17) is 4.98 Å². The summed E-state index contributed by atoms with van der Waals surface area (Å²) in [6, 6.07) is 5.50. The van der Waals surface area contributed by atoms with Gasteiger partial charge in [-0.05, 0) is 51.5 Å². The van der Waals surface area contributed by atoms with Crippen LogP contribution in [0, 0.1) is 6.92 Å². The van der Waals surface area contributed by atoms with Gasteiger partial charge in [-0.15, -0.1) is 0 Å². The summed E-state index contributed by atoms with van der Waals surface area (Å²) in [5.41, 5.74) is 2.23. The third-order valence-electron chi connectivity index (χ3n) is 6.00. The molecule has 5 rings (SSSR count). The molecule has 0 spiro atoms. The molecule has 27 heavy (non-hydrogen) atoms. The van der Waals surface area contributed by atoms with Crippen LogP contribution in [0.5, 0.6) is 0 Å². The summed E-state index contributed by atoms with van der Waals surface area (Å²) in [5, 5.41) is 0.